The molecule has 1 saturated heterocycles. The number of amides is 1. The van der Waals surface area contributed by atoms with Crippen LogP contribution in [0.25, 0.3) is 0 Å². The van der Waals surface area contributed by atoms with E-state index in [9.17, 15) is 4.79 Å². The molecule has 0 spiro atoms. The summed E-state index contributed by atoms with van der Waals surface area (Å²) in [7, 11) is 0. The van der Waals surface area contributed by atoms with E-state index in [0.717, 1.165) is 31.6 Å². The second kappa shape index (κ2) is 10.3. The van der Waals surface area contributed by atoms with Crippen molar-refractivity contribution < 1.29 is 19.0 Å². The molecule has 6 nitrogen and oxygen atoms in total. The lowest BCUT2D eigenvalue weighted by atomic mass is 10.2. The molecule has 0 saturated carbocycles. The van der Waals surface area contributed by atoms with Crippen LogP contribution in [0.3, 0.4) is 0 Å². The van der Waals surface area contributed by atoms with Gasteiger partial charge in [-0.25, -0.2) is 4.98 Å². The number of carbonyl (C=O) groups excluding carboxylic acids is 1. The molecule has 1 amide bonds. The number of hydrogen-bond acceptors (Lipinski definition) is 6. The van der Waals surface area contributed by atoms with Crippen molar-refractivity contribution in [2.45, 2.75) is 32.0 Å². The van der Waals surface area contributed by atoms with E-state index in [2.05, 4.69) is 10.3 Å². The van der Waals surface area contributed by atoms with E-state index >= 15 is 0 Å². The van der Waals surface area contributed by atoms with E-state index in [-0.39, 0.29) is 12.0 Å². The quantitative estimate of drug-likeness (QED) is 0.646. The minimum atomic E-state index is -0.108. The average molecular weight is 376 g/mol. The molecule has 140 valence electrons. The van der Waals surface area contributed by atoms with Crippen LogP contribution in [0, 0.1) is 0 Å². The average Bonchev–Trinajstić information content (AvgIpc) is 3.36. The fraction of sp³-hybridized carbons (Fsp3) is 0.474. The van der Waals surface area contributed by atoms with Crippen LogP contribution in [0.1, 0.15) is 35.3 Å². The molecule has 1 aromatic carbocycles. The maximum Gasteiger partial charge on any atom is 0.251 e. The number of thiazole rings is 1. The predicted molar refractivity (Wildman–Crippen MR) is 99.6 cm³/mol. The molecule has 1 N–H and O–H groups in total. The minimum Gasteiger partial charge on any atom is -0.487 e. The topological polar surface area (TPSA) is 69.7 Å². The van der Waals surface area contributed by atoms with Crippen LogP contribution in [0.4, 0.5) is 0 Å². The van der Waals surface area contributed by atoms with E-state index < -0.39 is 0 Å². The lowest BCUT2D eigenvalue weighted by Crippen LogP contribution is -2.25. The highest BCUT2D eigenvalue weighted by Gasteiger charge is 2.15. The van der Waals surface area contributed by atoms with Gasteiger partial charge in [0.1, 0.15) is 12.4 Å². The number of nitrogens with one attached hydrogen (secondary N) is 1. The molecule has 3 rings (SSSR count). The SMILES string of the molecule is O=C(NCCCOCC1CCCO1)c1cccc(OCc2cscn2)c1. The molecule has 1 aliphatic heterocycles. The summed E-state index contributed by atoms with van der Waals surface area (Å²) in [5, 5.41) is 4.85. The first-order chi connectivity index (χ1) is 12.8. The van der Waals surface area contributed by atoms with Crippen LogP contribution in [-0.2, 0) is 16.1 Å². The molecule has 0 radical (unpaired) electrons. The van der Waals surface area contributed by atoms with Crippen molar-refractivity contribution in [3.05, 3.63) is 46.4 Å². The van der Waals surface area contributed by atoms with Gasteiger partial charge in [-0.2, -0.15) is 0 Å². The molecular formula is C19H24N2O4S. The summed E-state index contributed by atoms with van der Waals surface area (Å²) < 4.78 is 16.8. The van der Waals surface area contributed by atoms with E-state index in [1.54, 1.807) is 17.6 Å². The summed E-state index contributed by atoms with van der Waals surface area (Å²) >= 11 is 1.53. The molecule has 1 aliphatic rings. The summed E-state index contributed by atoms with van der Waals surface area (Å²) in [5.74, 6) is 0.550. The molecule has 2 heterocycles. The van der Waals surface area contributed by atoms with E-state index in [0.29, 0.717) is 37.7 Å². The third-order valence-corrected chi connectivity index (χ3v) is 4.68. The van der Waals surface area contributed by atoms with Crippen LogP contribution < -0.4 is 10.1 Å². The summed E-state index contributed by atoms with van der Waals surface area (Å²) in [6.45, 7) is 3.09. The first-order valence-corrected chi connectivity index (χ1v) is 9.83. The Morgan fingerprint density at radius 2 is 2.38 bits per heavy atom. The highest BCUT2D eigenvalue weighted by molar-refractivity contribution is 7.07. The van der Waals surface area contributed by atoms with E-state index in [4.69, 9.17) is 14.2 Å². The monoisotopic (exact) mass is 376 g/mol. The standard InChI is InChI=1S/C19H24N2O4S/c22-19(20-7-3-8-23-12-18-6-2-9-24-18)15-4-1-5-17(10-15)25-11-16-13-26-14-21-16/h1,4-5,10,13-14,18H,2-3,6-9,11-12H2,(H,20,22). The second-order valence-electron chi connectivity index (χ2n) is 6.12. The molecule has 0 aliphatic carbocycles. The van der Waals surface area contributed by atoms with Gasteiger partial charge in [-0.1, -0.05) is 6.07 Å². The van der Waals surface area contributed by atoms with Gasteiger partial charge in [-0.15, -0.1) is 11.3 Å². The zero-order chi connectivity index (χ0) is 18.0. The number of aromatic nitrogens is 1. The molecule has 2 aromatic rings. The van der Waals surface area contributed by atoms with Crippen molar-refractivity contribution in [1.82, 2.24) is 10.3 Å². The fourth-order valence-electron chi connectivity index (χ4n) is 2.66. The first-order valence-electron chi connectivity index (χ1n) is 8.89. The highest BCUT2D eigenvalue weighted by Crippen LogP contribution is 2.15. The van der Waals surface area contributed by atoms with Crippen molar-refractivity contribution >= 4 is 17.2 Å². The normalized spacial score (nSPS) is 16.5. The maximum absolute atomic E-state index is 12.2. The van der Waals surface area contributed by atoms with Gasteiger partial charge >= 0.3 is 0 Å². The van der Waals surface area contributed by atoms with Gasteiger partial charge < -0.3 is 19.5 Å². The van der Waals surface area contributed by atoms with Gasteiger partial charge in [0.25, 0.3) is 5.91 Å². The number of rotatable bonds is 10. The first kappa shape index (κ1) is 18.8. The summed E-state index contributed by atoms with van der Waals surface area (Å²) in [5.41, 5.74) is 3.24. The highest BCUT2D eigenvalue weighted by atomic mass is 32.1. The van der Waals surface area contributed by atoms with Gasteiger partial charge in [-0.05, 0) is 37.5 Å². The van der Waals surface area contributed by atoms with Gasteiger partial charge in [0.2, 0.25) is 0 Å². The zero-order valence-electron chi connectivity index (χ0n) is 14.7. The Hall–Kier alpha value is -1.96. The van der Waals surface area contributed by atoms with Gasteiger partial charge in [0.05, 0.1) is 23.9 Å². The van der Waals surface area contributed by atoms with Crippen LogP contribution in [0.5, 0.6) is 5.75 Å². The van der Waals surface area contributed by atoms with Crippen molar-refractivity contribution in [2.24, 2.45) is 0 Å². The Kier molecular flexibility index (Phi) is 7.42. The van der Waals surface area contributed by atoms with Crippen LogP contribution >= 0.6 is 11.3 Å². The molecular weight excluding hydrogens is 352 g/mol. The molecule has 1 atom stereocenters. The fourth-order valence-corrected chi connectivity index (χ4v) is 3.21. The Morgan fingerprint density at radius 3 is 3.19 bits per heavy atom. The van der Waals surface area contributed by atoms with Crippen LogP contribution in [0.2, 0.25) is 0 Å². The Balaban J connectivity index is 1.34. The lowest BCUT2D eigenvalue weighted by molar-refractivity contribution is 0.0166. The lowest BCUT2D eigenvalue weighted by Gasteiger charge is -2.10. The Morgan fingerprint density at radius 1 is 1.42 bits per heavy atom. The van der Waals surface area contributed by atoms with Crippen LogP contribution in [0.15, 0.2) is 35.2 Å². The number of carbonyl (C=O) groups is 1. The zero-order valence-corrected chi connectivity index (χ0v) is 15.5. The molecule has 1 aromatic heterocycles. The minimum absolute atomic E-state index is 0.108. The van der Waals surface area contributed by atoms with E-state index in [1.807, 2.05) is 17.5 Å². The Labute approximate surface area is 157 Å². The summed E-state index contributed by atoms with van der Waals surface area (Å²) in [6, 6.07) is 7.17. The second-order valence-corrected chi connectivity index (χ2v) is 6.83. The third-order valence-electron chi connectivity index (χ3n) is 4.05. The van der Waals surface area contributed by atoms with Gasteiger partial charge in [0.15, 0.2) is 0 Å². The Bertz CT molecular complexity index is 672. The smallest absolute Gasteiger partial charge is 0.251 e. The van der Waals surface area contributed by atoms with Crippen molar-refractivity contribution in [3.63, 3.8) is 0 Å². The van der Waals surface area contributed by atoms with E-state index in [1.165, 1.54) is 11.3 Å². The third kappa shape index (κ3) is 6.09. The molecule has 0 bridgehead atoms. The van der Waals surface area contributed by atoms with Crippen LogP contribution in [-0.4, -0.2) is 43.4 Å². The maximum atomic E-state index is 12.2. The summed E-state index contributed by atoms with van der Waals surface area (Å²) in [4.78, 5) is 16.4. The number of nitrogens with zero attached hydrogens (tertiary/aromatic N) is 1. The largest absolute Gasteiger partial charge is 0.487 e. The van der Waals surface area contributed by atoms with Gasteiger partial charge in [-0.3, -0.25) is 4.79 Å². The molecule has 1 fully saturated rings. The summed E-state index contributed by atoms with van der Waals surface area (Å²) in [6.07, 6.45) is 3.23. The van der Waals surface area contributed by atoms with Crippen molar-refractivity contribution in [3.8, 4) is 5.75 Å². The number of benzene rings is 1. The predicted octanol–water partition coefficient (Wildman–Crippen LogP) is 3.04. The van der Waals surface area contributed by atoms with Gasteiger partial charge in [0, 0.05) is 30.7 Å². The molecule has 1 unspecified atom stereocenters. The number of hydrogen-bond donors (Lipinski definition) is 1. The number of ether oxygens (including phenoxy) is 3. The molecule has 26 heavy (non-hydrogen) atoms. The van der Waals surface area contributed by atoms with Crippen molar-refractivity contribution in [1.29, 1.82) is 0 Å². The van der Waals surface area contributed by atoms with Crippen molar-refractivity contribution in [2.75, 3.05) is 26.4 Å². The molecule has 7 heteroatoms.